The Hall–Kier alpha value is -0.830. The van der Waals surface area contributed by atoms with Crippen LogP contribution in [0.5, 0.6) is 0 Å². The summed E-state index contributed by atoms with van der Waals surface area (Å²) in [4.78, 5) is 8.31. The molecule has 2 N–H and O–H groups in total. The van der Waals surface area contributed by atoms with Crippen molar-refractivity contribution in [3.8, 4) is 0 Å². The largest absolute Gasteiger partial charge is 0.344 e. The highest BCUT2D eigenvalue weighted by Crippen LogP contribution is 2.31. The summed E-state index contributed by atoms with van der Waals surface area (Å²) in [5.41, 5.74) is 2.65. The molecule has 0 spiro atoms. The predicted molar refractivity (Wildman–Crippen MR) is 59.8 cm³/mol. The molecule has 0 bridgehead atoms. The zero-order chi connectivity index (χ0) is 10.1. The molecule has 3 heteroatoms. The molecule has 1 aliphatic heterocycles. The van der Waals surface area contributed by atoms with Gasteiger partial charge in [-0.25, -0.2) is 4.98 Å². The van der Waals surface area contributed by atoms with Crippen molar-refractivity contribution in [1.82, 2.24) is 15.3 Å². The summed E-state index contributed by atoms with van der Waals surface area (Å²) in [5.74, 6) is 1.98. The van der Waals surface area contributed by atoms with Crippen molar-refractivity contribution in [1.29, 1.82) is 0 Å². The maximum Gasteiger partial charge on any atom is 0.109 e. The number of hydrogen-bond donors (Lipinski definition) is 2. The topological polar surface area (TPSA) is 40.7 Å². The van der Waals surface area contributed by atoms with Gasteiger partial charge in [0.15, 0.2) is 0 Å². The third-order valence-corrected chi connectivity index (χ3v) is 3.71. The van der Waals surface area contributed by atoms with Gasteiger partial charge < -0.3 is 10.3 Å². The van der Waals surface area contributed by atoms with Crippen LogP contribution in [0.15, 0.2) is 0 Å². The van der Waals surface area contributed by atoms with E-state index in [4.69, 9.17) is 4.98 Å². The first-order valence-electron chi connectivity index (χ1n) is 6.22. The smallest absolute Gasteiger partial charge is 0.109 e. The molecule has 3 rings (SSSR count). The average Bonchev–Trinajstić information content (AvgIpc) is 2.74. The molecule has 0 aromatic carbocycles. The van der Waals surface area contributed by atoms with Crippen LogP contribution in [0, 0.1) is 0 Å². The standard InChI is InChI=1S/C12H19N3/c1-2-4-9(5-3-1)12-14-10-6-7-13-8-11(10)15-12/h9,13H,1-8H2,(H,14,15). The third-order valence-electron chi connectivity index (χ3n) is 3.71. The zero-order valence-corrected chi connectivity index (χ0v) is 9.18. The summed E-state index contributed by atoms with van der Waals surface area (Å²) in [7, 11) is 0. The Labute approximate surface area is 90.7 Å². The Morgan fingerprint density at radius 3 is 2.80 bits per heavy atom. The zero-order valence-electron chi connectivity index (χ0n) is 9.18. The van der Waals surface area contributed by atoms with E-state index in [1.807, 2.05) is 0 Å². The van der Waals surface area contributed by atoms with E-state index < -0.39 is 0 Å². The van der Waals surface area contributed by atoms with Crippen molar-refractivity contribution >= 4 is 0 Å². The van der Waals surface area contributed by atoms with Gasteiger partial charge in [-0.05, 0) is 12.8 Å². The van der Waals surface area contributed by atoms with Gasteiger partial charge in [-0.2, -0.15) is 0 Å². The predicted octanol–water partition coefficient (Wildman–Crippen LogP) is 2.10. The molecule has 0 amide bonds. The fourth-order valence-corrected chi connectivity index (χ4v) is 2.81. The van der Waals surface area contributed by atoms with Gasteiger partial charge >= 0.3 is 0 Å². The Bertz CT molecular complexity index is 313. The Kier molecular flexibility index (Phi) is 2.49. The summed E-state index contributed by atoms with van der Waals surface area (Å²) in [5, 5.41) is 3.39. The molecule has 3 nitrogen and oxygen atoms in total. The van der Waals surface area contributed by atoms with Crippen molar-refractivity contribution < 1.29 is 0 Å². The molecular formula is C12H19N3. The van der Waals surface area contributed by atoms with Gasteiger partial charge in [0.05, 0.1) is 11.4 Å². The van der Waals surface area contributed by atoms with E-state index in [1.54, 1.807) is 0 Å². The van der Waals surface area contributed by atoms with E-state index in [0.717, 1.165) is 19.5 Å². The molecule has 2 aliphatic rings. The highest BCUT2D eigenvalue weighted by molar-refractivity contribution is 5.19. The fraction of sp³-hybridized carbons (Fsp3) is 0.750. The number of hydrogen-bond acceptors (Lipinski definition) is 2. The van der Waals surface area contributed by atoms with E-state index >= 15 is 0 Å². The van der Waals surface area contributed by atoms with Crippen molar-refractivity contribution in [2.45, 2.75) is 51.0 Å². The first-order valence-corrected chi connectivity index (χ1v) is 6.22. The lowest BCUT2D eigenvalue weighted by Gasteiger charge is -2.19. The van der Waals surface area contributed by atoms with Crippen LogP contribution in [-0.2, 0) is 13.0 Å². The first kappa shape index (κ1) is 9.40. The highest BCUT2D eigenvalue weighted by Gasteiger charge is 2.21. The molecular weight excluding hydrogens is 186 g/mol. The van der Waals surface area contributed by atoms with Gasteiger partial charge in [0.25, 0.3) is 0 Å². The quantitative estimate of drug-likeness (QED) is 0.737. The Morgan fingerprint density at radius 1 is 1.13 bits per heavy atom. The number of nitrogens with zero attached hydrogens (tertiary/aromatic N) is 1. The van der Waals surface area contributed by atoms with Crippen molar-refractivity contribution in [2.75, 3.05) is 6.54 Å². The number of nitrogens with one attached hydrogen (secondary N) is 2. The lowest BCUT2D eigenvalue weighted by Crippen LogP contribution is -2.23. The van der Waals surface area contributed by atoms with E-state index in [9.17, 15) is 0 Å². The van der Waals surface area contributed by atoms with Gasteiger partial charge in [0, 0.05) is 25.4 Å². The molecule has 15 heavy (non-hydrogen) atoms. The van der Waals surface area contributed by atoms with Crippen LogP contribution in [0.1, 0.15) is 55.2 Å². The number of rotatable bonds is 1. The average molecular weight is 205 g/mol. The fourth-order valence-electron chi connectivity index (χ4n) is 2.81. The molecule has 1 saturated carbocycles. The molecule has 1 fully saturated rings. The lowest BCUT2D eigenvalue weighted by atomic mass is 9.89. The van der Waals surface area contributed by atoms with Gasteiger partial charge in [0.1, 0.15) is 5.82 Å². The molecule has 2 heterocycles. The maximum atomic E-state index is 4.78. The summed E-state index contributed by atoms with van der Waals surface area (Å²) in [6.45, 7) is 2.07. The third kappa shape index (κ3) is 1.81. The summed E-state index contributed by atoms with van der Waals surface area (Å²) in [6.07, 6.45) is 7.94. The molecule has 1 aromatic rings. The number of aromatic amines is 1. The SMILES string of the molecule is C1CCC(c2nc3c([nH]2)CNCC3)CC1. The normalized spacial score (nSPS) is 22.7. The highest BCUT2D eigenvalue weighted by atomic mass is 15.0. The van der Waals surface area contributed by atoms with Gasteiger partial charge in [0.2, 0.25) is 0 Å². The molecule has 0 atom stereocenters. The second kappa shape index (κ2) is 3.97. The van der Waals surface area contributed by atoms with Crippen LogP contribution in [0.3, 0.4) is 0 Å². The minimum absolute atomic E-state index is 0.712. The monoisotopic (exact) mass is 205 g/mol. The number of H-pyrrole nitrogens is 1. The van der Waals surface area contributed by atoms with Crippen LogP contribution >= 0.6 is 0 Å². The Morgan fingerprint density at radius 2 is 2.00 bits per heavy atom. The number of imidazole rings is 1. The van der Waals surface area contributed by atoms with Crippen LogP contribution in [-0.4, -0.2) is 16.5 Å². The molecule has 1 aromatic heterocycles. The van der Waals surface area contributed by atoms with Crippen LogP contribution in [0.4, 0.5) is 0 Å². The lowest BCUT2D eigenvalue weighted by molar-refractivity contribution is 0.430. The van der Waals surface area contributed by atoms with Gasteiger partial charge in [-0.15, -0.1) is 0 Å². The van der Waals surface area contributed by atoms with E-state index in [0.29, 0.717) is 5.92 Å². The van der Waals surface area contributed by atoms with Crippen LogP contribution < -0.4 is 5.32 Å². The van der Waals surface area contributed by atoms with E-state index in [-0.39, 0.29) is 0 Å². The molecule has 1 aliphatic carbocycles. The minimum Gasteiger partial charge on any atom is -0.344 e. The van der Waals surface area contributed by atoms with Gasteiger partial charge in [-0.3, -0.25) is 0 Å². The van der Waals surface area contributed by atoms with Crippen molar-refractivity contribution in [2.24, 2.45) is 0 Å². The van der Waals surface area contributed by atoms with Crippen molar-refractivity contribution in [3.63, 3.8) is 0 Å². The second-order valence-corrected chi connectivity index (χ2v) is 4.81. The molecule has 82 valence electrons. The molecule has 0 saturated heterocycles. The van der Waals surface area contributed by atoms with Gasteiger partial charge in [-0.1, -0.05) is 19.3 Å². The number of aromatic nitrogens is 2. The van der Waals surface area contributed by atoms with Crippen LogP contribution in [0.2, 0.25) is 0 Å². The summed E-state index contributed by atoms with van der Waals surface area (Å²) in [6, 6.07) is 0. The second-order valence-electron chi connectivity index (χ2n) is 4.81. The minimum atomic E-state index is 0.712. The van der Waals surface area contributed by atoms with Crippen LogP contribution in [0.25, 0.3) is 0 Å². The summed E-state index contributed by atoms with van der Waals surface area (Å²) >= 11 is 0. The Balaban J connectivity index is 1.82. The first-order chi connectivity index (χ1) is 7.43. The van der Waals surface area contributed by atoms with Crippen molar-refractivity contribution in [3.05, 3.63) is 17.2 Å². The molecule has 0 unspecified atom stereocenters. The molecule has 0 radical (unpaired) electrons. The van der Waals surface area contributed by atoms with E-state index in [2.05, 4.69) is 10.3 Å². The van der Waals surface area contributed by atoms with E-state index in [1.165, 1.54) is 49.3 Å². The number of fused-ring (bicyclic) bond motifs is 1. The summed E-state index contributed by atoms with van der Waals surface area (Å²) < 4.78 is 0. The maximum absolute atomic E-state index is 4.78.